The number of ether oxygens (including phenoxy) is 2. The summed E-state index contributed by atoms with van der Waals surface area (Å²) in [6.45, 7) is 5.37. The lowest BCUT2D eigenvalue weighted by Crippen LogP contribution is -2.56. The fourth-order valence-corrected chi connectivity index (χ4v) is 5.22. The Hall–Kier alpha value is -4.01. The number of rotatable bonds is 4. The molecule has 2 aliphatic rings. The van der Waals surface area contributed by atoms with Crippen LogP contribution >= 0.6 is 0 Å². The number of carbonyl (C=O) groups is 1. The molecule has 0 radical (unpaired) electrons. The Labute approximate surface area is 225 Å². The van der Waals surface area contributed by atoms with Gasteiger partial charge in [-0.2, -0.15) is 13.2 Å². The summed E-state index contributed by atoms with van der Waals surface area (Å²) in [5.41, 5.74) is 0.896. The molecule has 2 atom stereocenters. The second-order valence-corrected chi connectivity index (χ2v) is 9.78. The Morgan fingerprint density at radius 3 is 2.49 bits per heavy atom. The molecule has 0 spiro atoms. The Morgan fingerprint density at radius 1 is 1.08 bits per heavy atom. The molecule has 204 valence electrons. The predicted molar refractivity (Wildman–Crippen MR) is 143 cm³/mol. The molecular formula is C30H30F3N3O3. The number of methoxy groups -OCH3 is 1. The number of nitrogens with zero attached hydrogens (tertiary/aromatic N) is 3. The molecule has 9 heteroatoms. The van der Waals surface area contributed by atoms with Crippen LogP contribution in [0.1, 0.15) is 42.9 Å². The highest BCUT2D eigenvalue weighted by Crippen LogP contribution is 2.42. The van der Waals surface area contributed by atoms with E-state index in [1.165, 1.54) is 6.07 Å². The van der Waals surface area contributed by atoms with E-state index in [2.05, 4.69) is 0 Å². The van der Waals surface area contributed by atoms with Gasteiger partial charge in [0, 0.05) is 25.7 Å². The summed E-state index contributed by atoms with van der Waals surface area (Å²) >= 11 is 0. The van der Waals surface area contributed by atoms with Crippen LogP contribution in [0.15, 0.2) is 71.7 Å². The second kappa shape index (κ2) is 10.6. The highest BCUT2D eigenvalue weighted by molar-refractivity contribution is 6.04. The number of aliphatic imine (C=N–C) groups is 1. The summed E-state index contributed by atoms with van der Waals surface area (Å²) in [6.07, 6.45) is -3.83. The van der Waals surface area contributed by atoms with Crippen molar-refractivity contribution < 1.29 is 27.4 Å². The van der Waals surface area contributed by atoms with E-state index in [0.717, 1.165) is 17.7 Å². The van der Waals surface area contributed by atoms with E-state index in [-0.39, 0.29) is 29.3 Å². The molecule has 2 heterocycles. The number of hydrogen-bond donors (Lipinski definition) is 0. The normalized spacial score (nSPS) is 17.8. The van der Waals surface area contributed by atoms with Gasteiger partial charge in [-0.25, -0.2) is 4.99 Å². The van der Waals surface area contributed by atoms with E-state index >= 15 is 0 Å². The Morgan fingerprint density at radius 2 is 1.82 bits per heavy atom. The molecule has 1 saturated heterocycles. The van der Waals surface area contributed by atoms with Gasteiger partial charge in [-0.1, -0.05) is 37.3 Å². The summed E-state index contributed by atoms with van der Waals surface area (Å²) < 4.78 is 52.0. The third-order valence-electron chi connectivity index (χ3n) is 7.28. The van der Waals surface area contributed by atoms with Crippen molar-refractivity contribution in [2.24, 2.45) is 4.99 Å². The zero-order valence-electron chi connectivity index (χ0n) is 22.0. The van der Waals surface area contributed by atoms with Gasteiger partial charge in [0.25, 0.3) is 0 Å². The maximum Gasteiger partial charge on any atom is 0.416 e. The predicted octanol–water partition coefficient (Wildman–Crippen LogP) is 6.62. The van der Waals surface area contributed by atoms with Gasteiger partial charge in [0.1, 0.15) is 23.0 Å². The zero-order valence-corrected chi connectivity index (χ0v) is 22.0. The maximum absolute atomic E-state index is 13.6. The van der Waals surface area contributed by atoms with Crippen molar-refractivity contribution in [3.05, 3.63) is 83.4 Å². The monoisotopic (exact) mass is 537 g/mol. The molecule has 2 aliphatic heterocycles. The number of carbonyl (C=O) groups excluding carboxylic acids is 1. The molecule has 0 aromatic heterocycles. The number of amidine groups is 1. The van der Waals surface area contributed by atoms with E-state index in [9.17, 15) is 18.0 Å². The Balaban J connectivity index is 1.48. The van der Waals surface area contributed by atoms with Crippen LogP contribution in [0.3, 0.4) is 0 Å². The van der Waals surface area contributed by atoms with Crippen LogP contribution in [0.2, 0.25) is 0 Å². The van der Waals surface area contributed by atoms with Crippen LogP contribution in [0, 0.1) is 0 Å². The van der Waals surface area contributed by atoms with Gasteiger partial charge in [-0.15, -0.1) is 0 Å². The quantitative estimate of drug-likeness (QED) is 0.375. The van der Waals surface area contributed by atoms with Crippen molar-refractivity contribution in [1.82, 2.24) is 9.80 Å². The minimum Gasteiger partial charge on any atom is -0.497 e. The van der Waals surface area contributed by atoms with Gasteiger partial charge in [0.2, 0.25) is 5.91 Å². The third-order valence-corrected chi connectivity index (χ3v) is 7.28. The van der Waals surface area contributed by atoms with Gasteiger partial charge in [0.05, 0.1) is 24.2 Å². The number of alkyl halides is 3. The highest BCUT2D eigenvalue weighted by atomic mass is 19.4. The zero-order chi connectivity index (χ0) is 27.7. The summed E-state index contributed by atoms with van der Waals surface area (Å²) in [5.74, 6) is 1.60. The minimum atomic E-state index is -4.51. The average molecular weight is 538 g/mol. The highest BCUT2D eigenvalue weighted by Gasteiger charge is 2.36. The van der Waals surface area contributed by atoms with E-state index in [1.54, 1.807) is 25.3 Å². The van der Waals surface area contributed by atoms with Gasteiger partial charge in [0.15, 0.2) is 5.75 Å². The first-order valence-corrected chi connectivity index (χ1v) is 13.0. The fraction of sp³-hybridized carbons (Fsp3) is 0.333. The lowest BCUT2D eigenvalue weighted by Gasteiger charge is -2.42. The number of amides is 1. The minimum absolute atomic E-state index is 0.0734. The number of piperazine rings is 1. The molecule has 1 amide bonds. The van der Waals surface area contributed by atoms with Crippen molar-refractivity contribution in [3.63, 3.8) is 0 Å². The van der Waals surface area contributed by atoms with Crippen LogP contribution in [0.4, 0.5) is 18.9 Å². The maximum atomic E-state index is 13.6. The third kappa shape index (κ3) is 5.30. The standard InChI is InChI=1S/C30H30F3N3O3/c1-4-23(20-8-6-5-7-9-20)29(37)36-15-14-35(18-19(36)2)28-24-17-22(38-3)11-13-26(24)39-27-12-10-21(30(31,32)33)16-25(27)34-28/h5-13,16-17,19,23H,4,14-15,18H2,1-3H3/t19-,23+/m0/s1. The number of fused-ring (bicyclic) bond motifs is 2. The molecule has 5 rings (SSSR count). The van der Waals surface area contributed by atoms with Crippen molar-refractivity contribution in [3.8, 4) is 17.2 Å². The second-order valence-electron chi connectivity index (χ2n) is 9.78. The smallest absolute Gasteiger partial charge is 0.416 e. The molecule has 1 fully saturated rings. The Kier molecular flexibility index (Phi) is 7.25. The van der Waals surface area contributed by atoms with Crippen molar-refractivity contribution in [2.75, 3.05) is 26.7 Å². The first-order chi connectivity index (χ1) is 18.7. The molecule has 0 saturated carbocycles. The van der Waals surface area contributed by atoms with Crippen LogP contribution < -0.4 is 9.47 Å². The molecule has 3 aromatic rings. The van der Waals surface area contributed by atoms with E-state index < -0.39 is 11.7 Å². The van der Waals surface area contributed by atoms with E-state index in [4.69, 9.17) is 14.5 Å². The van der Waals surface area contributed by atoms with Gasteiger partial charge < -0.3 is 19.3 Å². The van der Waals surface area contributed by atoms with E-state index in [0.29, 0.717) is 49.0 Å². The molecule has 3 aromatic carbocycles. The summed E-state index contributed by atoms with van der Waals surface area (Å²) in [6, 6.07) is 18.1. The van der Waals surface area contributed by atoms with Crippen LogP contribution in [-0.2, 0) is 11.0 Å². The first-order valence-electron chi connectivity index (χ1n) is 13.0. The number of halogens is 3. The average Bonchev–Trinajstić information content (AvgIpc) is 3.09. The van der Waals surface area contributed by atoms with Gasteiger partial charge >= 0.3 is 6.18 Å². The molecule has 39 heavy (non-hydrogen) atoms. The largest absolute Gasteiger partial charge is 0.497 e. The van der Waals surface area contributed by atoms with Gasteiger partial charge in [-0.05, 0) is 55.3 Å². The first kappa shape index (κ1) is 26.6. The lowest BCUT2D eigenvalue weighted by molar-refractivity contribution is -0.138. The SMILES string of the molecule is CC[C@@H](C(=O)N1CCN(C2=Nc3cc(C(F)(F)F)ccc3Oc3ccc(OC)cc32)C[C@@H]1C)c1ccccc1. The molecular weight excluding hydrogens is 507 g/mol. The summed E-state index contributed by atoms with van der Waals surface area (Å²) in [4.78, 5) is 22.2. The molecule has 0 unspecified atom stereocenters. The van der Waals surface area contributed by atoms with Crippen molar-refractivity contribution in [1.29, 1.82) is 0 Å². The van der Waals surface area contributed by atoms with Crippen molar-refractivity contribution >= 4 is 17.4 Å². The Bertz CT molecular complexity index is 1390. The summed E-state index contributed by atoms with van der Waals surface area (Å²) in [5, 5.41) is 0. The fourth-order valence-electron chi connectivity index (χ4n) is 5.22. The molecule has 0 N–H and O–H groups in total. The lowest BCUT2D eigenvalue weighted by atomic mass is 9.94. The molecule has 0 bridgehead atoms. The van der Waals surface area contributed by atoms with Crippen LogP contribution in [0.5, 0.6) is 17.2 Å². The van der Waals surface area contributed by atoms with Crippen LogP contribution in [0.25, 0.3) is 0 Å². The van der Waals surface area contributed by atoms with E-state index in [1.807, 2.05) is 54.0 Å². The molecule has 0 aliphatic carbocycles. The topological polar surface area (TPSA) is 54.4 Å². The molecule has 6 nitrogen and oxygen atoms in total. The van der Waals surface area contributed by atoms with Crippen molar-refractivity contribution in [2.45, 2.75) is 38.4 Å². The number of benzene rings is 3. The van der Waals surface area contributed by atoms with Gasteiger partial charge in [-0.3, -0.25) is 4.79 Å². The number of hydrogen-bond acceptors (Lipinski definition) is 5. The summed E-state index contributed by atoms with van der Waals surface area (Å²) in [7, 11) is 1.55. The van der Waals surface area contributed by atoms with Crippen LogP contribution in [-0.4, -0.2) is 54.3 Å².